The number of ether oxygens (including phenoxy) is 1. The summed E-state index contributed by atoms with van der Waals surface area (Å²) in [6.45, 7) is 0.531. The van der Waals surface area contributed by atoms with Crippen molar-refractivity contribution < 1.29 is 19.2 Å². The molecule has 2 aromatic carbocycles. The van der Waals surface area contributed by atoms with E-state index in [0.29, 0.717) is 24.3 Å². The number of nitrogens with zero attached hydrogens (tertiary/aromatic N) is 1. The normalized spacial score (nSPS) is 18.5. The van der Waals surface area contributed by atoms with Crippen LogP contribution in [0.5, 0.6) is 5.75 Å². The van der Waals surface area contributed by atoms with Crippen LogP contribution in [0.3, 0.4) is 0 Å². The molecule has 158 valence electrons. The molecular formula is C24H28N2O4. The lowest BCUT2D eigenvalue weighted by Crippen LogP contribution is -2.48. The summed E-state index contributed by atoms with van der Waals surface area (Å²) >= 11 is 0. The van der Waals surface area contributed by atoms with Crippen LogP contribution in [0.25, 0.3) is 6.08 Å². The van der Waals surface area contributed by atoms with Crippen molar-refractivity contribution >= 4 is 17.9 Å². The van der Waals surface area contributed by atoms with E-state index in [0.717, 1.165) is 35.5 Å². The van der Waals surface area contributed by atoms with Gasteiger partial charge in [0.25, 0.3) is 11.8 Å². The Balaban J connectivity index is 1.97. The zero-order valence-electron chi connectivity index (χ0n) is 17.5. The molecule has 0 saturated heterocycles. The average molecular weight is 408 g/mol. The fraction of sp³-hybridized carbons (Fsp3) is 0.333. The number of amides is 2. The molecule has 0 unspecified atom stereocenters. The first-order valence-corrected chi connectivity index (χ1v) is 10.2. The fourth-order valence-corrected chi connectivity index (χ4v) is 3.38. The van der Waals surface area contributed by atoms with Crippen molar-refractivity contribution in [1.29, 1.82) is 0 Å². The highest BCUT2D eigenvalue weighted by molar-refractivity contribution is 5.99. The Bertz CT molecular complexity index is 910. The van der Waals surface area contributed by atoms with Gasteiger partial charge in [0.15, 0.2) is 0 Å². The Labute approximate surface area is 177 Å². The van der Waals surface area contributed by atoms with Gasteiger partial charge in [-0.15, -0.1) is 0 Å². The summed E-state index contributed by atoms with van der Waals surface area (Å²) in [5.41, 5.74) is 2.43. The fourth-order valence-electron chi connectivity index (χ4n) is 3.38. The topological polar surface area (TPSA) is 67.9 Å². The molecule has 0 spiro atoms. The largest absolute Gasteiger partial charge is 0.493 e. The molecule has 1 heterocycles. The molecule has 1 atom stereocenters. The average Bonchev–Trinajstić information content (AvgIpc) is 2.78. The van der Waals surface area contributed by atoms with E-state index in [9.17, 15) is 9.59 Å². The molecule has 0 radical (unpaired) electrons. The van der Waals surface area contributed by atoms with Gasteiger partial charge in [-0.25, -0.2) is 5.06 Å². The van der Waals surface area contributed by atoms with E-state index < -0.39 is 6.04 Å². The first kappa shape index (κ1) is 21.6. The smallest absolute Gasteiger partial charge is 0.268 e. The molecule has 3 rings (SSSR count). The van der Waals surface area contributed by atoms with Gasteiger partial charge in [0.05, 0.1) is 19.3 Å². The Hall–Kier alpha value is -3.12. The monoisotopic (exact) mass is 408 g/mol. The highest BCUT2D eigenvalue weighted by Gasteiger charge is 2.27. The van der Waals surface area contributed by atoms with Crippen LogP contribution in [0, 0.1) is 0 Å². The van der Waals surface area contributed by atoms with E-state index in [1.54, 1.807) is 18.2 Å². The van der Waals surface area contributed by atoms with Gasteiger partial charge in [-0.2, -0.15) is 0 Å². The maximum absolute atomic E-state index is 13.1. The zero-order chi connectivity index (χ0) is 21.3. The van der Waals surface area contributed by atoms with Crippen molar-refractivity contribution in [1.82, 2.24) is 10.4 Å². The lowest BCUT2D eigenvalue weighted by molar-refractivity contribution is -0.170. The summed E-state index contributed by atoms with van der Waals surface area (Å²) < 4.78 is 5.86. The van der Waals surface area contributed by atoms with E-state index >= 15 is 0 Å². The molecule has 1 aliphatic heterocycles. The van der Waals surface area contributed by atoms with E-state index in [-0.39, 0.29) is 11.8 Å². The molecule has 0 aliphatic carbocycles. The summed E-state index contributed by atoms with van der Waals surface area (Å²) in [4.78, 5) is 31.1. The van der Waals surface area contributed by atoms with E-state index in [1.165, 1.54) is 14.2 Å². The molecular weight excluding hydrogens is 380 g/mol. The second-order valence-corrected chi connectivity index (χ2v) is 7.19. The lowest BCUT2D eigenvalue weighted by atomic mass is 9.98. The third-order valence-corrected chi connectivity index (χ3v) is 5.12. The lowest BCUT2D eigenvalue weighted by Gasteiger charge is -2.24. The Morgan fingerprint density at radius 2 is 1.90 bits per heavy atom. The summed E-state index contributed by atoms with van der Waals surface area (Å²) in [6, 6.07) is 14.2. The van der Waals surface area contributed by atoms with Crippen molar-refractivity contribution in [3.05, 3.63) is 71.3 Å². The van der Waals surface area contributed by atoms with Gasteiger partial charge in [-0.1, -0.05) is 48.6 Å². The maximum Gasteiger partial charge on any atom is 0.268 e. The first-order chi connectivity index (χ1) is 14.6. The minimum absolute atomic E-state index is 0.327. The molecule has 1 N–H and O–H groups in total. The standard InChI is InChI=1S/C24H28N2O4/c1-26(29-2)24(28)21-17-19-13-7-6-12-18(19)11-5-3-4-10-16-30-22-15-9-8-14-20(22)23(27)25-21/h5-9,11-15,21H,3-4,10,16-17H2,1-2H3,(H,25,27)/b11-5+/t21-/m0/s1. The number of carbonyl (C=O) groups excluding carboxylic acids is 2. The van der Waals surface area contributed by atoms with Crippen LogP contribution in [0.4, 0.5) is 0 Å². The van der Waals surface area contributed by atoms with E-state index in [2.05, 4.69) is 17.5 Å². The number of benzene rings is 2. The molecule has 0 aromatic heterocycles. The van der Waals surface area contributed by atoms with Crippen LogP contribution < -0.4 is 10.1 Å². The molecule has 6 heteroatoms. The Morgan fingerprint density at radius 1 is 1.13 bits per heavy atom. The number of rotatable bonds is 2. The van der Waals surface area contributed by atoms with Crippen molar-refractivity contribution in [2.24, 2.45) is 0 Å². The molecule has 30 heavy (non-hydrogen) atoms. The Morgan fingerprint density at radius 3 is 2.73 bits per heavy atom. The molecule has 6 nitrogen and oxygen atoms in total. The van der Waals surface area contributed by atoms with Gasteiger partial charge in [-0.05, 0) is 42.5 Å². The minimum atomic E-state index is -0.782. The number of hydrogen-bond acceptors (Lipinski definition) is 4. The van der Waals surface area contributed by atoms with Crippen molar-refractivity contribution in [2.45, 2.75) is 31.7 Å². The second kappa shape index (κ2) is 10.6. The number of likely N-dealkylation sites (N-methyl/N-ethyl adjacent to an activating group) is 1. The van der Waals surface area contributed by atoms with E-state index in [4.69, 9.17) is 9.57 Å². The predicted octanol–water partition coefficient (Wildman–Crippen LogP) is 3.62. The van der Waals surface area contributed by atoms with Crippen LogP contribution in [0.1, 0.15) is 40.7 Å². The van der Waals surface area contributed by atoms with Crippen molar-refractivity contribution in [3.8, 4) is 5.75 Å². The number of hydroxylamine groups is 2. The van der Waals surface area contributed by atoms with Gasteiger partial charge in [-0.3, -0.25) is 14.4 Å². The summed E-state index contributed by atoms with van der Waals surface area (Å²) in [7, 11) is 2.96. The molecule has 0 saturated carbocycles. The Kier molecular flexibility index (Phi) is 7.63. The number of nitrogens with one attached hydrogen (secondary N) is 1. The maximum atomic E-state index is 13.1. The highest BCUT2D eigenvalue weighted by Crippen LogP contribution is 2.20. The summed E-state index contributed by atoms with van der Waals surface area (Å²) in [5, 5.41) is 4.02. The number of carbonyl (C=O) groups is 2. The molecule has 1 aliphatic rings. The summed E-state index contributed by atoms with van der Waals surface area (Å²) in [5.74, 6) is -0.157. The van der Waals surface area contributed by atoms with Gasteiger partial charge >= 0.3 is 0 Å². The number of allylic oxidation sites excluding steroid dienone is 1. The van der Waals surface area contributed by atoms with Gasteiger partial charge < -0.3 is 10.1 Å². The predicted molar refractivity (Wildman–Crippen MR) is 116 cm³/mol. The quantitative estimate of drug-likeness (QED) is 0.771. The minimum Gasteiger partial charge on any atom is -0.493 e. The van der Waals surface area contributed by atoms with Crippen LogP contribution in [0.2, 0.25) is 0 Å². The number of hydrogen-bond donors (Lipinski definition) is 1. The molecule has 0 fully saturated rings. The second-order valence-electron chi connectivity index (χ2n) is 7.19. The van der Waals surface area contributed by atoms with Gasteiger partial charge in [0.2, 0.25) is 0 Å². The van der Waals surface area contributed by atoms with Crippen LogP contribution >= 0.6 is 0 Å². The number of fused-ring (bicyclic) bond motifs is 2. The van der Waals surface area contributed by atoms with Gasteiger partial charge in [0, 0.05) is 13.5 Å². The van der Waals surface area contributed by atoms with Gasteiger partial charge in [0.1, 0.15) is 11.8 Å². The van der Waals surface area contributed by atoms with Crippen molar-refractivity contribution in [3.63, 3.8) is 0 Å². The summed E-state index contributed by atoms with van der Waals surface area (Å²) in [6.07, 6.45) is 7.39. The third kappa shape index (κ3) is 5.48. The number of para-hydroxylation sites is 1. The molecule has 2 aromatic rings. The third-order valence-electron chi connectivity index (χ3n) is 5.12. The van der Waals surface area contributed by atoms with Crippen LogP contribution in [-0.4, -0.2) is 43.7 Å². The van der Waals surface area contributed by atoms with Crippen LogP contribution in [0.15, 0.2) is 54.6 Å². The van der Waals surface area contributed by atoms with Crippen LogP contribution in [-0.2, 0) is 16.1 Å². The zero-order valence-corrected chi connectivity index (χ0v) is 17.5. The highest BCUT2D eigenvalue weighted by atomic mass is 16.7. The molecule has 2 amide bonds. The van der Waals surface area contributed by atoms with E-state index in [1.807, 2.05) is 30.3 Å². The first-order valence-electron chi connectivity index (χ1n) is 10.2. The molecule has 0 bridgehead atoms. The van der Waals surface area contributed by atoms with Crippen molar-refractivity contribution in [2.75, 3.05) is 20.8 Å². The SMILES string of the molecule is CON(C)C(=O)[C@@H]1Cc2ccccc2/C=C/CCCCOc2ccccc2C(=O)N1.